The summed E-state index contributed by atoms with van der Waals surface area (Å²) in [6.45, 7) is 1.08. The van der Waals surface area contributed by atoms with Crippen LogP contribution in [0.25, 0.3) is 0 Å². The second-order valence-electron chi connectivity index (χ2n) is 2.05. The molecular formula is C5H11O4P. The average molecular weight is 166 g/mol. The molecular weight excluding hydrogens is 155 g/mol. The maximum absolute atomic E-state index is 8.70. The molecule has 4 nitrogen and oxygen atoms in total. The summed E-state index contributed by atoms with van der Waals surface area (Å²) in [5.41, 5.74) is 0. The lowest BCUT2D eigenvalue weighted by atomic mass is 10.2. The third-order valence-electron chi connectivity index (χ3n) is 1.18. The number of hydrogen-bond donors (Lipinski definition) is 1. The molecule has 1 rings (SSSR count). The Morgan fingerprint density at radius 1 is 1.40 bits per heavy atom. The van der Waals surface area contributed by atoms with Gasteiger partial charge in [0.15, 0.2) is 0 Å². The van der Waals surface area contributed by atoms with E-state index in [-0.39, 0.29) is 12.5 Å². The van der Waals surface area contributed by atoms with Gasteiger partial charge >= 0.3 is 0 Å². The highest BCUT2D eigenvalue weighted by Crippen LogP contribution is 2.16. The number of aliphatic hydroxyl groups is 1. The van der Waals surface area contributed by atoms with Crippen molar-refractivity contribution in [3.63, 3.8) is 0 Å². The summed E-state index contributed by atoms with van der Waals surface area (Å²) in [4.78, 5) is 9.43. The molecule has 0 radical (unpaired) electrons. The average Bonchev–Trinajstić information content (AvgIpc) is 1.87. The van der Waals surface area contributed by atoms with Crippen LogP contribution in [0.3, 0.4) is 0 Å². The van der Waals surface area contributed by atoms with Crippen LogP contribution in [0.5, 0.6) is 0 Å². The molecule has 0 aromatic heterocycles. The lowest BCUT2D eigenvalue weighted by Gasteiger charge is -2.16. The molecule has 1 heterocycles. The van der Waals surface area contributed by atoms with Crippen LogP contribution in [-0.2, 0) is 14.3 Å². The van der Waals surface area contributed by atoms with Crippen LogP contribution >= 0.6 is 8.81 Å². The molecule has 1 saturated heterocycles. The van der Waals surface area contributed by atoms with Crippen molar-refractivity contribution in [1.29, 1.82) is 0 Å². The summed E-state index contributed by atoms with van der Waals surface area (Å²) in [6.07, 6.45) is 0.498. The van der Waals surface area contributed by atoms with Crippen LogP contribution in [0, 0.1) is 5.92 Å². The molecule has 10 heavy (non-hydrogen) atoms. The van der Waals surface area contributed by atoms with Gasteiger partial charge in [-0.25, -0.2) is 9.78 Å². The lowest BCUT2D eigenvalue weighted by Crippen LogP contribution is -2.20. The van der Waals surface area contributed by atoms with Gasteiger partial charge in [0.2, 0.25) is 0 Å². The van der Waals surface area contributed by atoms with E-state index in [0.717, 1.165) is 0 Å². The molecule has 0 aromatic rings. The molecule has 0 saturated carbocycles. The van der Waals surface area contributed by atoms with E-state index < -0.39 is 0 Å². The summed E-state index contributed by atoms with van der Waals surface area (Å²) in [6, 6.07) is 0. The van der Waals surface area contributed by atoms with Gasteiger partial charge in [-0.1, -0.05) is 0 Å². The van der Waals surface area contributed by atoms with Gasteiger partial charge in [-0.15, -0.1) is 0 Å². The molecule has 5 heteroatoms. The fourth-order valence-electron chi connectivity index (χ4n) is 0.582. The first-order chi connectivity index (χ1) is 4.93. The van der Waals surface area contributed by atoms with Gasteiger partial charge in [0.05, 0.1) is 19.8 Å². The summed E-state index contributed by atoms with van der Waals surface area (Å²) >= 11 is 0. The quantitative estimate of drug-likeness (QED) is 0.444. The van der Waals surface area contributed by atoms with Gasteiger partial charge < -0.3 is 9.63 Å². The van der Waals surface area contributed by atoms with Gasteiger partial charge in [0.25, 0.3) is 0 Å². The zero-order chi connectivity index (χ0) is 7.23. The minimum absolute atomic E-state index is 0.0628. The largest absolute Gasteiger partial charge is 0.396 e. The maximum Gasteiger partial charge on any atom is 0.123 e. The maximum atomic E-state index is 8.70. The molecule has 1 N–H and O–H groups in total. The Labute approximate surface area is 61.3 Å². The Kier molecular flexibility index (Phi) is 4.18. The molecule has 2 atom stereocenters. The van der Waals surface area contributed by atoms with Crippen LogP contribution in [0.15, 0.2) is 0 Å². The minimum Gasteiger partial charge on any atom is -0.396 e. The second kappa shape index (κ2) is 4.99. The highest BCUT2D eigenvalue weighted by Gasteiger charge is 2.10. The predicted molar refractivity (Wildman–Crippen MR) is 36.7 cm³/mol. The molecule has 2 unspecified atom stereocenters. The zero-order valence-corrected chi connectivity index (χ0v) is 6.58. The Bertz CT molecular complexity index is 81.7. The molecule has 60 valence electrons. The normalized spacial score (nSPS) is 31.5. The fraction of sp³-hybridized carbons (Fsp3) is 1.00. The molecule has 0 spiro atoms. The van der Waals surface area contributed by atoms with Crippen molar-refractivity contribution >= 4 is 8.81 Å². The number of rotatable bonds is 1. The van der Waals surface area contributed by atoms with E-state index in [0.29, 0.717) is 28.4 Å². The molecule has 1 aliphatic heterocycles. The molecule has 0 bridgehead atoms. The van der Waals surface area contributed by atoms with E-state index in [2.05, 4.69) is 4.89 Å². The molecule has 1 aliphatic rings. The highest BCUT2D eigenvalue weighted by molar-refractivity contribution is 7.31. The predicted octanol–water partition coefficient (Wildman–Crippen LogP) is 0.124. The summed E-state index contributed by atoms with van der Waals surface area (Å²) in [5, 5.41) is 8.70. The van der Waals surface area contributed by atoms with E-state index in [4.69, 9.17) is 14.5 Å². The smallest absolute Gasteiger partial charge is 0.123 e. The van der Waals surface area contributed by atoms with Gasteiger partial charge in [-0.2, -0.15) is 0 Å². The van der Waals surface area contributed by atoms with Crippen LogP contribution < -0.4 is 0 Å². The lowest BCUT2D eigenvalue weighted by molar-refractivity contribution is -0.292. The van der Waals surface area contributed by atoms with Crippen molar-refractivity contribution in [1.82, 2.24) is 0 Å². The summed E-state index contributed by atoms with van der Waals surface area (Å²) in [7, 11) is 0.321. The third kappa shape index (κ3) is 2.90. The van der Waals surface area contributed by atoms with Crippen LogP contribution in [-0.4, -0.2) is 31.3 Å². The zero-order valence-electron chi connectivity index (χ0n) is 5.58. The van der Waals surface area contributed by atoms with E-state index in [1.54, 1.807) is 0 Å². The van der Waals surface area contributed by atoms with Gasteiger partial charge in [-0.05, 0) is 0 Å². The van der Waals surface area contributed by atoms with Crippen molar-refractivity contribution in [2.75, 3.05) is 26.2 Å². The number of hydrogen-bond acceptors (Lipinski definition) is 4. The fourth-order valence-corrected chi connectivity index (χ4v) is 1.15. The highest BCUT2D eigenvalue weighted by atomic mass is 31.1. The van der Waals surface area contributed by atoms with Crippen molar-refractivity contribution in [2.45, 2.75) is 0 Å². The Balaban J connectivity index is 2.16. The van der Waals surface area contributed by atoms with Crippen LogP contribution in [0.2, 0.25) is 0 Å². The first-order valence-electron chi connectivity index (χ1n) is 3.13. The van der Waals surface area contributed by atoms with E-state index in [9.17, 15) is 0 Å². The summed E-state index contributed by atoms with van der Waals surface area (Å²) in [5.74, 6) is 0.0628. The summed E-state index contributed by atoms with van der Waals surface area (Å²) < 4.78 is 5.14. The first kappa shape index (κ1) is 8.37. The van der Waals surface area contributed by atoms with Crippen molar-refractivity contribution in [2.24, 2.45) is 5.92 Å². The van der Waals surface area contributed by atoms with Crippen molar-refractivity contribution in [3.8, 4) is 0 Å². The van der Waals surface area contributed by atoms with Crippen LogP contribution in [0.4, 0.5) is 0 Å². The van der Waals surface area contributed by atoms with Crippen molar-refractivity contribution < 1.29 is 19.4 Å². The SMILES string of the molecule is OCC1COOCPOC1. The monoisotopic (exact) mass is 166 g/mol. The number of aliphatic hydroxyl groups excluding tert-OH is 1. The Morgan fingerprint density at radius 2 is 2.30 bits per heavy atom. The third-order valence-corrected chi connectivity index (χ3v) is 1.79. The van der Waals surface area contributed by atoms with E-state index in [1.165, 1.54) is 0 Å². The second-order valence-corrected chi connectivity index (χ2v) is 2.92. The van der Waals surface area contributed by atoms with Gasteiger partial charge in [-0.3, -0.25) is 0 Å². The van der Waals surface area contributed by atoms with Gasteiger partial charge in [0, 0.05) is 14.7 Å². The van der Waals surface area contributed by atoms with E-state index in [1.807, 2.05) is 0 Å². The van der Waals surface area contributed by atoms with Crippen LogP contribution in [0.1, 0.15) is 0 Å². The standard InChI is InChI=1S/C5H11O4P/c6-1-5-2-7-8-4-10-9-3-5/h5-6,10H,1-4H2. The first-order valence-corrected chi connectivity index (χ1v) is 4.25. The Morgan fingerprint density at radius 3 is 3.10 bits per heavy atom. The molecule has 0 aliphatic carbocycles. The van der Waals surface area contributed by atoms with Crippen molar-refractivity contribution in [3.05, 3.63) is 0 Å². The Hall–Kier alpha value is 0.270. The van der Waals surface area contributed by atoms with Gasteiger partial charge in [0.1, 0.15) is 6.35 Å². The molecule has 1 fully saturated rings. The topological polar surface area (TPSA) is 47.9 Å². The molecule has 0 amide bonds. The minimum atomic E-state index is 0.0628. The van der Waals surface area contributed by atoms with E-state index >= 15 is 0 Å². The molecule has 0 aromatic carbocycles.